The summed E-state index contributed by atoms with van der Waals surface area (Å²) in [7, 11) is 0. The lowest BCUT2D eigenvalue weighted by molar-refractivity contribution is -0.138. The van der Waals surface area contributed by atoms with Gasteiger partial charge in [0.05, 0.1) is 5.56 Å². The first-order valence-electron chi connectivity index (χ1n) is 9.16. The van der Waals surface area contributed by atoms with Crippen LogP contribution in [0.3, 0.4) is 0 Å². The highest BCUT2D eigenvalue weighted by Gasteiger charge is 2.43. The van der Waals surface area contributed by atoms with Gasteiger partial charge in [0.25, 0.3) is 5.89 Å². The van der Waals surface area contributed by atoms with Crippen LogP contribution in [0.4, 0.5) is 17.6 Å². The van der Waals surface area contributed by atoms with Crippen LogP contribution in [0.5, 0.6) is 0 Å². The van der Waals surface area contributed by atoms with Crippen molar-refractivity contribution in [3.05, 3.63) is 65.8 Å². The minimum atomic E-state index is -4.45. The second-order valence-electron chi connectivity index (χ2n) is 7.10. The van der Waals surface area contributed by atoms with Gasteiger partial charge in [-0.3, -0.25) is 9.88 Å². The molecule has 1 aliphatic rings. The highest BCUT2D eigenvalue weighted by Crippen LogP contribution is 2.37. The van der Waals surface area contributed by atoms with Crippen LogP contribution in [0.2, 0.25) is 0 Å². The van der Waals surface area contributed by atoms with Crippen LogP contribution < -0.4 is 0 Å². The molecule has 1 atom stereocenters. The summed E-state index contributed by atoms with van der Waals surface area (Å²) in [4.78, 5) is 9.80. The first-order chi connectivity index (χ1) is 13.9. The van der Waals surface area contributed by atoms with Gasteiger partial charge < -0.3 is 4.52 Å². The van der Waals surface area contributed by atoms with Crippen molar-refractivity contribution < 1.29 is 22.1 Å². The van der Waals surface area contributed by atoms with Gasteiger partial charge in [0, 0.05) is 31.0 Å². The maximum absolute atomic E-state index is 15.6. The Hall–Kier alpha value is -2.81. The van der Waals surface area contributed by atoms with Crippen molar-refractivity contribution in [1.29, 1.82) is 0 Å². The predicted octanol–water partition coefficient (Wildman–Crippen LogP) is 4.61. The summed E-state index contributed by atoms with van der Waals surface area (Å²) >= 11 is 0. The van der Waals surface area contributed by atoms with E-state index in [4.69, 9.17) is 4.52 Å². The first-order valence-corrected chi connectivity index (χ1v) is 9.16. The molecule has 3 heterocycles. The fraction of sp³-hybridized carbons (Fsp3) is 0.350. The maximum Gasteiger partial charge on any atom is 0.416 e. The van der Waals surface area contributed by atoms with Gasteiger partial charge in [0.2, 0.25) is 11.5 Å². The van der Waals surface area contributed by atoms with E-state index in [-0.39, 0.29) is 36.8 Å². The Morgan fingerprint density at radius 3 is 2.72 bits per heavy atom. The molecule has 1 aromatic carbocycles. The largest absolute Gasteiger partial charge is 0.416 e. The van der Waals surface area contributed by atoms with E-state index in [0.717, 1.165) is 6.07 Å². The van der Waals surface area contributed by atoms with Crippen molar-refractivity contribution in [3.8, 4) is 11.4 Å². The van der Waals surface area contributed by atoms with E-state index in [1.54, 1.807) is 35.5 Å². The van der Waals surface area contributed by atoms with Crippen LogP contribution in [0.15, 0.2) is 53.3 Å². The molecule has 0 bridgehead atoms. The van der Waals surface area contributed by atoms with Gasteiger partial charge in [-0.1, -0.05) is 23.4 Å². The molecule has 1 unspecified atom stereocenters. The number of benzene rings is 1. The molecule has 0 spiro atoms. The zero-order valence-electron chi connectivity index (χ0n) is 15.4. The highest BCUT2D eigenvalue weighted by atomic mass is 19.4. The van der Waals surface area contributed by atoms with Crippen LogP contribution in [-0.2, 0) is 18.4 Å². The maximum atomic E-state index is 15.6. The number of hydrogen-bond acceptors (Lipinski definition) is 5. The number of pyridine rings is 1. The Labute approximate surface area is 164 Å². The lowest BCUT2D eigenvalue weighted by atomic mass is 9.93. The second kappa shape index (κ2) is 7.55. The Bertz CT molecular complexity index is 976. The summed E-state index contributed by atoms with van der Waals surface area (Å²) < 4.78 is 60.6. The van der Waals surface area contributed by atoms with Crippen molar-refractivity contribution in [3.63, 3.8) is 0 Å². The molecule has 0 saturated carbocycles. The minimum Gasteiger partial charge on any atom is -0.335 e. The number of likely N-dealkylation sites (tertiary alicyclic amines) is 1. The lowest BCUT2D eigenvalue weighted by Crippen LogP contribution is -2.43. The summed E-state index contributed by atoms with van der Waals surface area (Å²) in [6, 6.07) is 8.80. The van der Waals surface area contributed by atoms with E-state index in [9.17, 15) is 13.2 Å². The Kier molecular flexibility index (Phi) is 5.08. The zero-order chi connectivity index (χ0) is 20.5. The molecule has 0 aliphatic carbocycles. The molecule has 1 saturated heterocycles. The number of nitrogens with zero attached hydrogens (tertiary/aromatic N) is 4. The third kappa shape index (κ3) is 4.14. The molecule has 0 radical (unpaired) electrons. The second-order valence-corrected chi connectivity index (χ2v) is 7.10. The Morgan fingerprint density at radius 2 is 1.97 bits per heavy atom. The highest BCUT2D eigenvalue weighted by molar-refractivity contribution is 5.52. The molecule has 5 nitrogen and oxygen atoms in total. The van der Waals surface area contributed by atoms with Crippen LogP contribution in [0.1, 0.15) is 29.9 Å². The predicted molar refractivity (Wildman–Crippen MR) is 96.3 cm³/mol. The molecule has 1 aliphatic heterocycles. The van der Waals surface area contributed by atoms with Crippen LogP contribution in [0, 0.1) is 0 Å². The van der Waals surface area contributed by atoms with E-state index >= 15 is 4.39 Å². The number of alkyl halides is 4. The summed E-state index contributed by atoms with van der Waals surface area (Å²) in [5, 5.41) is 3.83. The molecule has 29 heavy (non-hydrogen) atoms. The van der Waals surface area contributed by atoms with Crippen molar-refractivity contribution >= 4 is 0 Å². The van der Waals surface area contributed by atoms with E-state index in [0.29, 0.717) is 18.5 Å². The molecule has 9 heteroatoms. The van der Waals surface area contributed by atoms with Crippen molar-refractivity contribution in [2.75, 3.05) is 13.1 Å². The van der Waals surface area contributed by atoms with Gasteiger partial charge in [0.15, 0.2) is 0 Å². The molecule has 2 aromatic heterocycles. The van der Waals surface area contributed by atoms with E-state index < -0.39 is 17.4 Å². The molecule has 4 rings (SSSR count). The zero-order valence-corrected chi connectivity index (χ0v) is 15.4. The third-order valence-corrected chi connectivity index (χ3v) is 4.97. The topological polar surface area (TPSA) is 55.1 Å². The average molecular weight is 406 g/mol. The molecule has 1 fully saturated rings. The summed E-state index contributed by atoms with van der Waals surface area (Å²) in [5.41, 5.74) is -1.91. The van der Waals surface area contributed by atoms with E-state index in [2.05, 4.69) is 15.1 Å². The molecule has 152 valence electrons. The standard InChI is InChI=1S/C20H18F4N4O/c21-19(18-26-17(27-29-18)14-6-3-9-25-11-14)8-4-10-28(13-19)12-15-5-1-2-7-16(15)20(22,23)24/h1-3,5-7,9,11H,4,8,10,12-13H2. The third-order valence-electron chi connectivity index (χ3n) is 4.97. The molecule has 3 aromatic rings. The number of piperidine rings is 1. The monoisotopic (exact) mass is 406 g/mol. The van der Waals surface area contributed by atoms with Crippen molar-refractivity contribution in [2.45, 2.75) is 31.2 Å². The van der Waals surface area contributed by atoms with E-state index in [1.807, 2.05) is 0 Å². The normalized spacial score (nSPS) is 20.7. The Morgan fingerprint density at radius 1 is 1.14 bits per heavy atom. The van der Waals surface area contributed by atoms with Crippen molar-refractivity contribution in [2.24, 2.45) is 0 Å². The van der Waals surface area contributed by atoms with Crippen LogP contribution in [-0.4, -0.2) is 33.1 Å². The van der Waals surface area contributed by atoms with Gasteiger partial charge in [-0.15, -0.1) is 0 Å². The fourth-order valence-corrected chi connectivity index (χ4v) is 3.60. The number of halogens is 4. The lowest BCUT2D eigenvalue weighted by Gasteiger charge is -2.35. The SMILES string of the molecule is FC(F)(F)c1ccccc1CN1CCCC(F)(c2nc(-c3cccnc3)no2)C1. The van der Waals surface area contributed by atoms with Gasteiger partial charge in [-0.2, -0.15) is 18.2 Å². The first kappa shape index (κ1) is 19.5. The molecular formula is C20H18F4N4O. The number of aromatic nitrogens is 3. The number of hydrogen-bond donors (Lipinski definition) is 0. The molecular weight excluding hydrogens is 388 g/mol. The summed E-state index contributed by atoms with van der Waals surface area (Å²) in [5.74, 6) is 0.0647. The minimum absolute atomic E-state index is 0.00898. The van der Waals surface area contributed by atoms with E-state index in [1.165, 1.54) is 12.1 Å². The van der Waals surface area contributed by atoms with Gasteiger partial charge >= 0.3 is 6.18 Å². The molecule has 0 N–H and O–H groups in total. The number of rotatable bonds is 4. The fourth-order valence-electron chi connectivity index (χ4n) is 3.60. The smallest absolute Gasteiger partial charge is 0.335 e. The summed E-state index contributed by atoms with van der Waals surface area (Å²) in [6.45, 7) is 0.361. The van der Waals surface area contributed by atoms with Gasteiger partial charge in [-0.05, 0) is 43.1 Å². The van der Waals surface area contributed by atoms with Gasteiger partial charge in [-0.25, -0.2) is 4.39 Å². The van der Waals surface area contributed by atoms with Crippen LogP contribution >= 0.6 is 0 Å². The average Bonchev–Trinajstić information content (AvgIpc) is 3.20. The quantitative estimate of drug-likeness (QED) is 0.593. The molecule has 0 amide bonds. The van der Waals surface area contributed by atoms with Crippen LogP contribution in [0.25, 0.3) is 11.4 Å². The van der Waals surface area contributed by atoms with Gasteiger partial charge in [0.1, 0.15) is 0 Å². The summed E-state index contributed by atoms with van der Waals surface area (Å²) in [6.07, 6.45) is -0.682. The van der Waals surface area contributed by atoms with Crippen molar-refractivity contribution in [1.82, 2.24) is 20.0 Å². The Balaban J connectivity index is 1.54.